The second-order valence-electron chi connectivity index (χ2n) is 5.18. The van der Waals surface area contributed by atoms with Crippen molar-refractivity contribution in [2.45, 2.75) is 26.2 Å². The van der Waals surface area contributed by atoms with E-state index < -0.39 is 0 Å². The van der Waals surface area contributed by atoms with E-state index in [-0.39, 0.29) is 12.5 Å². The molecule has 0 unspecified atom stereocenters. The Balaban J connectivity index is 1.64. The second kappa shape index (κ2) is 9.47. The molecule has 24 heavy (non-hydrogen) atoms. The van der Waals surface area contributed by atoms with Crippen LogP contribution in [0.25, 0.3) is 0 Å². The fourth-order valence-electron chi connectivity index (χ4n) is 1.96. The van der Waals surface area contributed by atoms with Crippen LogP contribution >= 0.6 is 46.1 Å². The van der Waals surface area contributed by atoms with Crippen LogP contribution in [0.2, 0.25) is 15.1 Å². The van der Waals surface area contributed by atoms with Gasteiger partial charge in [0.15, 0.2) is 6.61 Å². The van der Waals surface area contributed by atoms with Gasteiger partial charge in [-0.25, -0.2) is 4.98 Å². The highest BCUT2D eigenvalue weighted by atomic mass is 35.5. The zero-order chi connectivity index (χ0) is 17.5. The lowest BCUT2D eigenvalue weighted by molar-refractivity contribution is -0.123. The summed E-state index contributed by atoms with van der Waals surface area (Å²) in [5.74, 6) is 0.127. The molecule has 0 aliphatic heterocycles. The van der Waals surface area contributed by atoms with Crippen molar-refractivity contribution in [2.24, 2.45) is 0 Å². The molecule has 0 radical (unpaired) electrons. The number of carbonyl (C=O) groups excluding carboxylic acids is 1. The minimum atomic E-state index is -0.206. The van der Waals surface area contributed by atoms with E-state index in [2.05, 4.69) is 10.3 Å². The summed E-state index contributed by atoms with van der Waals surface area (Å²) in [5.41, 5.74) is 1.06. The topological polar surface area (TPSA) is 51.2 Å². The van der Waals surface area contributed by atoms with E-state index in [1.807, 2.05) is 12.3 Å². The summed E-state index contributed by atoms with van der Waals surface area (Å²) >= 11 is 19.4. The van der Waals surface area contributed by atoms with Crippen LogP contribution in [0.3, 0.4) is 0 Å². The molecule has 2 aromatic rings. The summed E-state index contributed by atoms with van der Waals surface area (Å²) in [6.07, 6.45) is 2.80. The number of ether oxygens (including phenoxy) is 1. The maximum atomic E-state index is 11.8. The van der Waals surface area contributed by atoms with E-state index in [4.69, 9.17) is 39.5 Å². The van der Waals surface area contributed by atoms with Gasteiger partial charge in [-0.05, 0) is 32.3 Å². The Hall–Kier alpha value is -1.01. The summed E-state index contributed by atoms with van der Waals surface area (Å²) in [6.45, 7) is 2.46. The van der Waals surface area contributed by atoms with Crippen molar-refractivity contribution in [1.29, 1.82) is 0 Å². The molecule has 0 saturated carbocycles. The van der Waals surface area contributed by atoms with Crippen LogP contribution in [0.5, 0.6) is 5.75 Å². The highest BCUT2D eigenvalue weighted by molar-refractivity contribution is 7.09. The smallest absolute Gasteiger partial charge is 0.257 e. The Morgan fingerprint density at radius 2 is 1.96 bits per heavy atom. The molecule has 0 aliphatic rings. The Kier molecular flexibility index (Phi) is 7.62. The molecule has 0 atom stereocenters. The molecule has 1 heterocycles. The first kappa shape index (κ1) is 19.3. The van der Waals surface area contributed by atoms with Crippen molar-refractivity contribution in [2.75, 3.05) is 13.2 Å². The Morgan fingerprint density at radius 3 is 2.67 bits per heavy atom. The van der Waals surface area contributed by atoms with Crippen molar-refractivity contribution >= 4 is 52.0 Å². The van der Waals surface area contributed by atoms with Crippen molar-refractivity contribution in [3.8, 4) is 5.75 Å². The molecule has 0 saturated heterocycles. The van der Waals surface area contributed by atoms with Gasteiger partial charge in [-0.2, -0.15) is 0 Å². The maximum Gasteiger partial charge on any atom is 0.257 e. The number of thiazole rings is 1. The average Bonchev–Trinajstić information content (AvgIpc) is 2.94. The number of aryl methyl sites for hydroxylation is 2. The molecule has 130 valence electrons. The zero-order valence-electron chi connectivity index (χ0n) is 13.1. The number of nitrogens with one attached hydrogen (secondary N) is 1. The summed E-state index contributed by atoms with van der Waals surface area (Å²) in [4.78, 5) is 16.2. The Labute approximate surface area is 160 Å². The van der Waals surface area contributed by atoms with Crippen molar-refractivity contribution in [1.82, 2.24) is 10.3 Å². The van der Waals surface area contributed by atoms with Crippen LogP contribution in [-0.2, 0) is 11.2 Å². The van der Waals surface area contributed by atoms with E-state index in [1.54, 1.807) is 11.3 Å². The van der Waals surface area contributed by atoms with Gasteiger partial charge < -0.3 is 10.1 Å². The zero-order valence-corrected chi connectivity index (χ0v) is 16.2. The first-order valence-corrected chi connectivity index (χ1v) is 9.42. The molecule has 0 aliphatic carbocycles. The quantitative estimate of drug-likeness (QED) is 0.498. The third-order valence-electron chi connectivity index (χ3n) is 3.14. The molecule has 1 aromatic heterocycles. The number of hydrogen-bond donors (Lipinski definition) is 1. The molecular weight excluding hydrogens is 391 g/mol. The number of unbranched alkanes of at least 4 members (excludes halogenated alkanes) is 1. The number of carbonyl (C=O) groups is 1. The van der Waals surface area contributed by atoms with Gasteiger partial charge in [0.25, 0.3) is 5.91 Å². The van der Waals surface area contributed by atoms with Crippen molar-refractivity contribution < 1.29 is 9.53 Å². The van der Waals surface area contributed by atoms with E-state index in [0.717, 1.165) is 30.0 Å². The first-order chi connectivity index (χ1) is 11.5. The minimum absolute atomic E-state index is 0.122. The molecule has 0 spiro atoms. The van der Waals surface area contributed by atoms with Crippen LogP contribution in [0.15, 0.2) is 17.5 Å². The van der Waals surface area contributed by atoms with Gasteiger partial charge in [0.2, 0.25) is 0 Å². The van der Waals surface area contributed by atoms with E-state index in [0.29, 0.717) is 27.4 Å². The number of rotatable bonds is 8. The number of amides is 1. The molecular formula is C16H17Cl3N2O2S. The molecule has 0 bridgehead atoms. The lowest BCUT2D eigenvalue weighted by Crippen LogP contribution is -2.29. The van der Waals surface area contributed by atoms with Crippen LogP contribution in [0.4, 0.5) is 0 Å². The lowest BCUT2D eigenvalue weighted by atomic mass is 10.2. The number of hydrogen-bond acceptors (Lipinski definition) is 4. The van der Waals surface area contributed by atoms with Gasteiger partial charge in [-0.3, -0.25) is 4.79 Å². The number of aromatic nitrogens is 1. The Morgan fingerprint density at radius 1 is 1.21 bits per heavy atom. The van der Waals surface area contributed by atoms with Crippen molar-refractivity contribution in [3.05, 3.63) is 43.3 Å². The molecule has 1 aromatic carbocycles. The number of benzene rings is 1. The SMILES string of the molecule is Cc1csc(CCCCNC(=O)COc2cc(Cl)c(Cl)cc2Cl)n1. The predicted octanol–water partition coefficient (Wildman–Crippen LogP) is 4.93. The Bertz CT molecular complexity index is 707. The first-order valence-electron chi connectivity index (χ1n) is 7.40. The molecule has 0 fully saturated rings. The van der Waals surface area contributed by atoms with Crippen molar-refractivity contribution in [3.63, 3.8) is 0 Å². The highest BCUT2D eigenvalue weighted by Gasteiger charge is 2.09. The summed E-state index contributed by atoms with van der Waals surface area (Å²) in [5, 5.41) is 6.97. The number of halogens is 3. The lowest BCUT2D eigenvalue weighted by Gasteiger charge is -2.09. The van der Waals surface area contributed by atoms with E-state index in [9.17, 15) is 4.79 Å². The molecule has 2 rings (SSSR count). The van der Waals surface area contributed by atoms with Gasteiger partial charge in [0.1, 0.15) is 5.75 Å². The van der Waals surface area contributed by atoms with Crippen LogP contribution in [0, 0.1) is 6.92 Å². The van der Waals surface area contributed by atoms with Gasteiger partial charge in [-0.1, -0.05) is 34.8 Å². The van der Waals surface area contributed by atoms with Gasteiger partial charge in [0, 0.05) is 23.7 Å². The standard InChI is InChI=1S/C16H17Cl3N2O2S/c1-10-9-24-16(21-10)4-2-3-5-20-15(22)8-23-14-7-12(18)11(17)6-13(14)19/h6-7,9H,2-5,8H2,1H3,(H,20,22). The minimum Gasteiger partial charge on any atom is -0.482 e. The highest BCUT2D eigenvalue weighted by Crippen LogP contribution is 2.33. The summed E-state index contributed by atoms with van der Waals surface area (Å²) in [6, 6.07) is 2.98. The summed E-state index contributed by atoms with van der Waals surface area (Å²) in [7, 11) is 0. The largest absolute Gasteiger partial charge is 0.482 e. The fourth-order valence-corrected chi connectivity index (χ4v) is 3.37. The van der Waals surface area contributed by atoms with Crippen LogP contribution < -0.4 is 10.1 Å². The molecule has 1 N–H and O–H groups in total. The van der Waals surface area contributed by atoms with Gasteiger partial charge >= 0.3 is 0 Å². The van der Waals surface area contributed by atoms with Crippen LogP contribution in [0.1, 0.15) is 23.5 Å². The van der Waals surface area contributed by atoms with E-state index >= 15 is 0 Å². The molecule has 1 amide bonds. The molecule has 8 heteroatoms. The molecule has 4 nitrogen and oxygen atoms in total. The van der Waals surface area contributed by atoms with Gasteiger partial charge in [-0.15, -0.1) is 11.3 Å². The third-order valence-corrected chi connectivity index (χ3v) is 5.18. The van der Waals surface area contributed by atoms with Crippen LogP contribution in [-0.4, -0.2) is 24.0 Å². The van der Waals surface area contributed by atoms with E-state index in [1.165, 1.54) is 12.1 Å². The maximum absolute atomic E-state index is 11.8. The number of nitrogens with zero attached hydrogens (tertiary/aromatic N) is 1. The fraction of sp³-hybridized carbons (Fsp3) is 0.375. The third kappa shape index (κ3) is 6.13. The summed E-state index contributed by atoms with van der Waals surface area (Å²) < 4.78 is 5.37. The average molecular weight is 408 g/mol. The normalized spacial score (nSPS) is 10.7. The predicted molar refractivity (Wildman–Crippen MR) is 99.8 cm³/mol. The monoisotopic (exact) mass is 406 g/mol. The second-order valence-corrected chi connectivity index (χ2v) is 7.34. The van der Waals surface area contributed by atoms with Gasteiger partial charge in [0.05, 0.1) is 20.1 Å².